The number of nitrogens with zero attached hydrogens (tertiary/aromatic N) is 1. The zero-order chi connectivity index (χ0) is 14.6. The van der Waals surface area contributed by atoms with E-state index in [4.69, 9.17) is 0 Å². The predicted molar refractivity (Wildman–Crippen MR) is 77.1 cm³/mol. The lowest BCUT2D eigenvalue weighted by Crippen LogP contribution is -2.33. The van der Waals surface area contributed by atoms with E-state index < -0.39 is 5.51 Å². The summed E-state index contributed by atoms with van der Waals surface area (Å²) in [6, 6.07) is 6.62. The van der Waals surface area contributed by atoms with Gasteiger partial charge in [-0.05, 0) is 62.8 Å². The number of benzene rings is 1. The van der Waals surface area contributed by atoms with Crippen molar-refractivity contribution in [3.8, 4) is 0 Å². The van der Waals surface area contributed by atoms with Crippen molar-refractivity contribution in [2.24, 2.45) is 5.92 Å². The number of hydrogen-bond acceptors (Lipinski definition) is 3. The van der Waals surface area contributed by atoms with E-state index in [-0.39, 0.29) is 16.7 Å². The van der Waals surface area contributed by atoms with Crippen LogP contribution in [0.5, 0.6) is 0 Å². The Hall–Kier alpha value is -0.880. The molecular weight excluding hydrogens is 285 g/mol. The van der Waals surface area contributed by atoms with Crippen molar-refractivity contribution >= 4 is 17.4 Å². The molecule has 1 N–H and O–H groups in total. The van der Waals surface area contributed by atoms with Crippen LogP contribution in [0.4, 0.5) is 18.9 Å². The minimum Gasteiger partial charge on any atom is -0.384 e. The predicted octanol–water partition coefficient (Wildman–Crippen LogP) is 4.05. The van der Waals surface area contributed by atoms with E-state index in [0.717, 1.165) is 32.5 Å². The summed E-state index contributed by atoms with van der Waals surface area (Å²) >= 11 is -0.0564. The number of piperidine rings is 1. The van der Waals surface area contributed by atoms with Crippen LogP contribution in [0.25, 0.3) is 0 Å². The number of anilines is 1. The highest BCUT2D eigenvalue weighted by Crippen LogP contribution is 2.40. The quantitative estimate of drug-likeness (QED) is 0.845. The van der Waals surface area contributed by atoms with Gasteiger partial charge in [0, 0.05) is 17.1 Å². The van der Waals surface area contributed by atoms with Gasteiger partial charge >= 0.3 is 5.51 Å². The second-order valence-electron chi connectivity index (χ2n) is 5.17. The molecule has 0 saturated carbocycles. The lowest BCUT2D eigenvalue weighted by Gasteiger charge is -2.29. The lowest BCUT2D eigenvalue weighted by molar-refractivity contribution is -0.0327. The summed E-state index contributed by atoms with van der Waals surface area (Å²) in [4.78, 5) is 2.53. The molecule has 2 rings (SSSR count). The molecule has 0 radical (unpaired) electrons. The van der Waals surface area contributed by atoms with Crippen LogP contribution in [0.15, 0.2) is 29.2 Å². The highest BCUT2D eigenvalue weighted by atomic mass is 32.2. The van der Waals surface area contributed by atoms with Crippen LogP contribution in [0, 0.1) is 5.92 Å². The number of rotatable bonds is 4. The topological polar surface area (TPSA) is 15.3 Å². The zero-order valence-corrected chi connectivity index (χ0v) is 12.2. The molecule has 1 aliphatic rings. The van der Waals surface area contributed by atoms with Gasteiger partial charge in [-0.2, -0.15) is 13.2 Å². The summed E-state index contributed by atoms with van der Waals surface area (Å²) < 4.78 is 37.5. The molecule has 1 aromatic carbocycles. The first-order valence-electron chi connectivity index (χ1n) is 6.71. The van der Waals surface area contributed by atoms with Gasteiger partial charge in [-0.1, -0.05) is 12.1 Å². The molecule has 6 heteroatoms. The molecule has 0 aromatic heterocycles. The highest BCUT2D eigenvalue weighted by molar-refractivity contribution is 8.00. The van der Waals surface area contributed by atoms with Crippen molar-refractivity contribution in [1.29, 1.82) is 0 Å². The monoisotopic (exact) mass is 304 g/mol. The average molecular weight is 304 g/mol. The Morgan fingerprint density at radius 2 is 1.90 bits per heavy atom. The Balaban J connectivity index is 1.92. The third-order valence-electron chi connectivity index (χ3n) is 3.53. The Bertz CT molecular complexity index is 429. The number of alkyl halides is 3. The van der Waals surface area contributed by atoms with Crippen molar-refractivity contribution < 1.29 is 13.2 Å². The molecule has 1 fully saturated rings. The molecule has 1 aliphatic heterocycles. The molecule has 0 aliphatic carbocycles. The molecular formula is C14H19F3N2S. The van der Waals surface area contributed by atoms with Crippen LogP contribution in [0.1, 0.15) is 12.8 Å². The molecule has 0 spiro atoms. The smallest absolute Gasteiger partial charge is 0.384 e. The minimum absolute atomic E-state index is 0.0564. The first-order valence-corrected chi connectivity index (χ1v) is 7.53. The zero-order valence-electron chi connectivity index (χ0n) is 11.4. The van der Waals surface area contributed by atoms with Crippen molar-refractivity contribution in [1.82, 2.24) is 4.90 Å². The Labute approximate surface area is 121 Å². The number of likely N-dealkylation sites (tertiary alicyclic amines) is 1. The maximum atomic E-state index is 12.5. The summed E-state index contributed by atoms with van der Waals surface area (Å²) in [5.74, 6) is 0.537. The van der Waals surface area contributed by atoms with Crippen molar-refractivity contribution in [3.05, 3.63) is 24.3 Å². The molecule has 0 bridgehead atoms. The number of nitrogens with one attached hydrogen (secondary N) is 1. The van der Waals surface area contributed by atoms with Gasteiger partial charge < -0.3 is 10.2 Å². The molecule has 20 heavy (non-hydrogen) atoms. The van der Waals surface area contributed by atoms with Gasteiger partial charge in [-0.3, -0.25) is 0 Å². The second-order valence-corrected chi connectivity index (χ2v) is 6.28. The van der Waals surface area contributed by atoms with Gasteiger partial charge in [-0.15, -0.1) is 0 Å². The summed E-state index contributed by atoms with van der Waals surface area (Å²) in [6.07, 6.45) is 2.19. The number of para-hydroxylation sites is 1. The molecule has 1 heterocycles. The van der Waals surface area contributed by atoms with Crippen LogP contribution in [-0.2, 0) is 0 Å². The van der Waals surface area contributed by atoms with Crippen LogP contribution >= 0.6 is 11.8 Å². The maximum Gasteiger partial charge on any atom is 0.446 e. The summed E-state index contributed by atoms with van der Waals surface area (Å²) in [5, 5.41) is 3.18. The lowest BCUT2D eigenvalue weighted by atomic mass is 9.97. The summed E-state index contributed by atoms with van der Waals surface area (Å²) in [6.45, 7) is 2.86. The maximum absolute atomic E-state index is 12.5. The van der Waals surface area contributed by atoms with Gasteiger partial charge in [0.05, 0.1) is 0 Å². The minimum atomic E-state index is -4.24. The van der Waals surface area contributed by atoms with Crippen molar-refractivity contribution in [3.63, 3.8) is 0 Å². The van der Waals surface area contributed by atoms with Crippen LogP contribution in [0.3, 0.4) is 0 Å². The Kier molecular flexibility index (Phi) is 5.21. The summed E-state index contributed by atoms with van der Waals surface area (Å²) in [7, 11) is 2.10. The molecule has 2 nitrogen and oxygen atoms in total. The van der Waals surface area contributed by atoms with E-state index in [1.54, 1.807) is 18.2 Å². The van der Waals surface area contributed by atoms with Gasteiger partial charge in [0.2, 0.25) is 0 Å². The third kappa shape index (κ3) is 4.90. The largest absolute Gasteiger partial charge is 0.446 e. The molecule has 0 amide bonds. The molecule has 112 valence electrons. The van der Waals surface area contributed by atoms with E-state index in [9.17, 15) is 13.2 Å². The van der Waals surface area contributed by atoms with Gasteiger partial charge in [0.15, 0.2) is 0 Å². The van der Waals surface area contributed by atoms with E-state index in [1.165, 1.54) is 6.07 Å². The fourth-order valence-corrected chi connectivity index (χ4v) is 2.99. The molecule has 0 unspecified atom stereocenters. The highest BCUT2D eigenvalue weighted by Gasteiger charge is 2.30. The standard InChI is InChI=1S/C14H19F3N2S/c1-19-8-6-11(7-9-19)10-18-12-4-2-3-5-13(12)20-14(15,16)17/h2-5,11,18H,6-10H2,1H3. The number of thioether (sulfide) groups is 1. The van der Waals surface area contributed by atoms with Gasteiger partial charge in [-0.25, -0.2) is 0 Å². The molecule has 0 atom stereocenters. The van der Waals surface area contributed by atoms with Crippen LogP contribution < -0.4 is 5.32 Å². The van der Waals surface area contributed by atoms with Crippen LogP contribution in [-0.4, -0.2) is 37.1 Å². The third-order valence-corrected chi connectivity index (χ3v) is 4.34. The number of hydrogen-bond donors (Lipinski definition) is 1. The fourth-order valence-electron chi connectivity index (χ4n) is 2.35. The average Bonchev–Trinajstić information content (AvgIpc) is 2.38. The second kappa shape index (κ2) is 6.72. The SMILES string of the molecule is CN1CCC(CNc2ccccc2SC(F)(F)F)CC1. The fraction of sp³-hybridized carbons (Fsp3) is 0.571. The molecule has 1 aromatic rings. The van der Waals surface area contributed by atoms with E-state index in [2.05, 4.69) is 17.3 Å². The normalized spacial score (nSPS) is 18.2. The Morgan fingerprint density at radius 3 is 2.55 bits per heavy atom. The molecule has 1 saturated heterocycles. The van der Waals surface area contributed by atoms with Gasteiger partial charge in [0.1, 0.15) is 0 Å². The first kappa shape index (κ1) is 15.5. The van der Waals surface area contributed by atoms with Gasteiger partial charge in [0.25, 0.3) is 0 Å². The Morgan fingerprint density at radius 1 is 1.25 bits per heavy atom. The van der Waals surface area contributed by atoms with E-state index >= 15 is 0 Å². The van der Waals surface area contributed by atoms with E-state index in [0.29, 0.717) is 11.6 Å². The number of halogens is 3. The van der Waals surface area contributed by atoms with Crippen LogP contribution in [0.2, 0.25) is 0 Å². The van der Waals surface area contributed by atoms with Crippen molar-refractivity contribution in [2.45, 2.75) is 23.2 Å². The van der Waals surface area contributed by atoms with Crippen molar-refractivity contribution in [2.75, 3.05) is 32.0 Å². The van der Waals surface area contributed by atoms with E-state index in [1.807, 2.05) is 0 Å². The first-order chi connectivity index (χ1) is 9.44. The summed E-state index contributed by atoms with van der Waals surface area (Å²) in [5.41, 5.74) is -3.67.